The van der Waals surface area contributed by atoms with Gasteiger partial charge in [0.15, 0.2) is 0 Å². The molecule has 0 atom stereocenters. The maximum Gasteiger partial charge on any atom is 0.294 e. The molecule has 5 rings (SSSR count). The number of benzene rings is 2. The molecule has 3 aromatic heterocycles. The molecule has 2 aromatic carbocycles. The third-order valence-corrected chi connectivity index (χ3v) is 5.47. The summed E-state index contributed by atoms with van der Waals surface area (Å²) >= 11 is 9.88. The number of aromatic nitrogens is 3. The molecule has 5 aromatic rings. The van der Waals surface area contributed by atoms with Gasteiger partial charge in [-0.2, -0.15) is 0 Å². The smallest absolute Gasteiger partial charge is 0.294 e. The van der Waals surface area contributed by atoms with Crippen molar-refractivity contribution in [3.05, 3.63) is 86.3 Å². The van der Waals surface area contributed by atoms with Gasteiger partial charge in [0, 0.05) is 27.3 Å². The van der Waals surface area contributed by atoms with Gasteiger partial charge in [-0.3, -0.25) is 14.6 Å². The SMILES string of the molecule is O=C(Nc1ccc(-c2nc3c(oc4ccc(Br)cc43)c(=O)[nH]2)c(Cl)c1)c1ccccn1. The normalized spacial score (nSPS) is 11.2. The summed E-state index contributed by atoms with van der Waals surface area (Å²) in [5.74, 6) is -0.0550. The van der Waals surface area contributed by atoms with Gasteiger partial charge in [-0.1, -0.05) is 33.6 Å². The van der Waals surface area contributed by atoms with Crippen LogP contribution in [0.1, 0.15) is 10.5 Å². The molecular formula is C22H12BrClN4O3. The van der Waals surface area contributed by atoms with E-state index in [1.165, 1.54) is 0 Å². The summed E-state index contributed by atoms with van der Waals surface area (Å²) in [5, 5.41) is 3.78. The van der Waals surface area contributed by atoms with Crippen molar-refractivity contribution in [3.8, 4) is 11.4 Å². The third-order valence-electron chi connectivity index (χ3n) is 4.67. The van der Waals surface area contributed by atoms with Crippen LogP contribution in [-0.2, 0) is 0 Å². The second-order valence-electron chi connectivity index (χ2n) is 6.70. The van der Waals surface area contributed by atoms with Gasteiger partial charge >= 0.3 is 0 Å². The van der Waals surface area contributed by atoms with Crippen LogP contribution in [0.2, 0.25) is 5.02 Å². The fourth-order valence-corrected chi connectivity index (χ4v) is 3.86. The van der Waals surface area contributed by atoms with Gasteiger partial charge in [0.25, 0.3) is 11.5 Å². The first kappa shape index (κ1) is 19.5. The van der Waals surface area contributed by atoms with E-state index in [-0.39, 0.29) is 17.2 Å². The van der Waals surface area contributed by atoms with Crippen molar-refractivity contribution in [2.45, 2.75) is 0 Å². The lowest BCUT2D eigenvalue weighted by atomic mass is 10.1. The Morgan fingerprint density at radius 3 is 2.77 bits per heavy atom. The highest BCUT2D eigenvalue weighted by atomic mass is 79.9. The molecule has 0 saturated carbocycles. The predicted octanol–water partition coefficient (Wildman–Crippen LogP) is 5.40. The average Bonchev–Trinajstić information content (AvgIpc) is 3.13. The second kappa shape index (κ2) is 7.64. The molecule has 0 bridgehead atoms. The van der Waals surface area contributed by atoms with E-state index in [2.05, 4.69) is 36.2 Å². The highest BCUT2D eigenvalue weighted by Crippen LogP contribution is 2.32. The summed E-state index contributed by atoms with van der Waals surface area (Å²) in [6.07, 6.45) is 1.54. The van der Waals surface area contributed by atoms with Gasteiger partial charge < -0.3 is 14.7 Å². The van der Waals surface area contributed by atoms with Crippen LogP contribution in [0.25, 0.3) is 33.5 Å². The number of rotatable bonds is 3. The first-order valence-corrected chi connectivity index (χ1v) is 10.3. The fourth-order valence-electron chi connectivity index (χ4n) is 3.23. The van der Waals surface area contributed by atoms with Crippen molar-refractivity contribution in [3.63, 3.8) is 0 Å². The molecule has 0 fully saturated rings. The Morgan fingerprint density at radius 1 is 1.13 bits per heavy atom. The molecule has 0 aliphatic rings. The van der Waals surface area contributed by atoms with Gasteiger partial charge in [0.05, 0.1) is 5.02 Å². The highest BCUT2D eigenvalue weighted by Gasteiger charge is 2.16. The fraction of sp³-hybridized carbons (Fsp3) is 0. The van der Waals surface area contributed by atoms with Crippen LogP contribution in [0.15, 0.2) is 74.5 Å². The van der Waals surface area contributed by atoms with Gasteiger partial charge in [0.1, 0.15) is 22.6 Å². The lowest BCUT2D eigenvalue weighted by Gasteiger charge is -2.08. The molecule has 0 aliphatic heterocycles. The lowest BCUT2D eigenvalue weighted by molar-refractivity contribution is 0.102. The average molecular weight is 496 g/mol. The highest BCUT2D eigenvalue weighted by molar-refractivity contribution is 9.10. The topological polar surface area (TPSA) is 101 Å². The lowest BCUT2D eigenvalue weighted by Crippen LogP contribution is -2.13. The Labute approximate surface area is 188 Å². The number of carbonyl (C=O) groups excluding carboxylic acids is 1. The first-order chi connectivity index (χ1) is 15.0. The van der Waals surface area contributed by atoms with E-state index in [0.717, 1.165) is 4.47 Å². The number of nitrogens with one attached hydrogen (secondary N) is 2. The maximum absolute atomic E-state index is 12.6. The molecule has 0 unspecified atom stereocenters. The number of amides is 1. The maximum atomic E-state index is 12.6. The molecule has 0 aliphatic carbocycles. The van der Waals surface area contributed by atoms with Crippen LogP contribution < -0.4 is 10.9 Å². The van der Waals surface area contributed by atoms with Crippen molar-refractivity contribution in [2.75, 3.05) is 5.32 Å². The molecule has 31 heavy (non-hydrogen) atoms. The number of furan rings is 1. The van der Waals surface area contributed by atoms with Gasteiger partial charge in [-0.25, -0.2) is 4.98 Å². The second-order valence-corrected chi connectivity index (χ2v) is 8.02. The Kier molecular flexibility index (Phi) is 4.80. The standard InChI is InChI=1S/C22H12BrClN4O3/c23-11-4-7-17-14(9-11)18-19(31-17)22(30)28-20(27-18)13-6-5-12(10-15(13)24)26-21(29)16-3-1-2-8-25-16/h1-10H,(H,26,29)(H,27,28,30). The number of hydrogen-bond acceptors (Lipinski definition) is 5. The van der Waals surface area contributed by atoms with Crippen LogP contribution in [0.3, 0.4) is 0 Å². The minimum Gasteiger partial charge on any atom is -0.449 e. The van der Waals surface area contributed by atoms with Gasteiger partial charge in [-0.05, 0) is 48.5 Å². The Morgan fingerprint density at radius 2 is 2.00 bits per heavy atom. The first-order valence-electron chi connectivity index (χ1n) is 9.14. The molecule has 0 spiro atoms. The van der Waals surface area contributed by atoms with Crippen molar-refractivity contribution in [1.82, 2.24) is 15.0 Å². The molecular weight excluding hydrogens is 484 g/mol. The zero-order valence-corrected chi connectivity index (χ0v) is 18.0. The minimum atomic E-state index is -0.407. The number of hydrogen-bond donors (Lipinski definition) is 2. The summed E-state index contributed by atoms with van der Waals surface area (Å²) in [5.41, 5.74) is 2.04. The van der Waals surface area contributed by atoms with E-state index in [1.54, 1.807) is 48.7 Å². The zero-order valence-electron chi connectivity index (χ0n) is 15.6. The quantitative estimate of drug-likeness (QED) is 0.349. The zero-order chi connectivity index (χ0) is 21.5. The largest absolute Gasteiger partial charge is 0.449 e. The van der Waals surface area contributed by atoms with E-state index < -0.39 is 5.56 Å². The van der Waals surface area contributed by atoms with Crippen molar-refractivity contribution in [2.24, 2.45) is 0 Å². The van der Waals surface area contributed by atoms with Crippen LogP contribution in [-0.4, -0.2) is 20.9 Å². The van der Waals surface area contributed by atoms with Crippen LogP contribution in [0, 0.1) is 0 Å². The number of anilines is 1. The molecule has 0 saturated heterocycles. The monoisotopic (exact) mass is 494 g/mol. The summed E-state index contributed by atoms with van der Waals surface area (Å²) in [4.78, 5) is 36.2. The summed E-state index contributed by atoms with van der Waals surface area (Å²) in [7, 11) is 0. The van der Waals surface area contributed by atoms with Gasteiger partial charge in [0.2, 0.25) is 5.58 Å². The van der Waals surface area contributed by atoms with Crippen LogP contribution in [0.4, 0.5) is 5.69 Å². The molecule has 9 heteroatoms. The molecule has 152 valence electrons. The number of fused-ring (bicyclic) bond motifs is 3. The summed E-state index contributed by atoms with van der Waals surface area (Å²) in [6, 6.07) is 15.5. The number of carbonyl (C=O) groups is 1. The number of aromatic amines is 1. The number of H-pyrrole nitrogens is 1. The van der Waals surface area contributed by atoms with E-state index in [1.807, 2.05) is 12.1 Å². The number of pyridine rings is 1. The van der Waals surface area contributed by atoms with E-state index in [9.17, 15) is 9.59 Å². The predicted molar refractivity (Wildman–Crippen MR) is 122 cm³/mol. The summed E-state index contributed by atoms with van der Waals surface area (Å²) in [6.45, 7) is 0. The van der Waals surface area contributed by atoms with Crippen LogP contribution >= 0.6 is 27.5 Å². The van der Waals surface area contributed by atoms with Crippen molar-refractivity contribution >= 4 is 61.2 Å². The minimum absolute atomic E-state index is 0.146. The Balaban J connectivity index is 1.54. The molecule has 2 N–H and O–H groups in total. The number of nitrogens with zero attached hydrogens (tertiary/aromatic N) is 2. The Hall–Kier alpha value is -3.49. The molecule has 1 amide bonds. The van der Waals surface area contributed by atoms with E-state index in [4.69, 9.17) is 16.0 Å². The third kappa shape index (κ3) is 3.60. The molecule has 0 radical (unpaired) electrons. The van der Waals surface area contributed by atoms with E-state index in [0.29, 0.717) is 38.6 Å². The van der Waals surface area contributed by atoms with Gasteiger partial charge in [-0.15, -0.1) is 0 Å². The van der Waals surface area contributed by atoms with E-state index >= 15 is 0 Å². The van der Waals surface area contributed by atoms with Crippen LogP contribution in [0.5, 0.6) is 0 Å². The van der Waals surface area contributed by atoms with Crippen molar-refractivity contribution in [1.29, 1.82) is 0 Å². The molecule has 3 heterocycles. The summed E-state index contributed by atoms with van der Waals surface area (Å²) < 4.78 is 6.50. The van der Waals surface area contributed by atoms with Crippen molar-refractivity contribution < 1.29 is 9.21 Å². The Bertz CT molecular complexity index is 1530. The number of halogens is 2. The molecule has 7 nitrogen and oxygen atoms in total.